The number of carbonyl (C=O) groups is 1. The van der Waals surface area contributed by atoms with Crippen LogP contribution in [-0.4, -0.2) is 31.9 Å². The summed E-state index contributed by atoms with van der Waals surface area (Å²) < 4.78 is 13.7. The molecule has 1 heterocycles. The number of hydrogen-bond donors (Lipinski definition) is 3. The van der Waals surface area contributed by atoms with Gasteiger partial charge in [0, 0.05) is 11.3 Å². The summed E-state index contributed by atoms with van der Waals surface area (Å²) in [5.41, 5.74) is 0.855. The predicted octanol–water partition coefficient (Wildman–Crippen LogP) is 3.81. The number of halogens is 1. The number of anilines is 2. The maximum Gasteiger partial charge on any atom is 0.210 e. The zero-order valence-electron chi connectivity index (χ0n) is 12.6. The summed E-state index contributed by atoms with van der Waals surface area (Å²) in [4.78, 5) is 12.1. The largest absolute Gasteiger partial charge is 0.504 e. The van der Waals surface area contributed by atoms with Crippen LogP contribution in [0.15, 0.2) is 46.8 Å². The van der Waals surface area contributed by atoms with Gasteiger partial charge in [-0.15, -0.1) is 10.2 Å². The highest BCUT2D eigenvalue weighted by Gasteiger charge is 2.12. The Hall–Kier alpha value is -2.65. The molecule has 1 aromatic heterocycles. The van der Waals surface area contributed by atoms with Gasteiger partial charge < -0.3 is 15.5 Å². The molecular weight excluding hydrogens is 365 g/mol. The third-order valence-electron chi connectivity index (χ3n) is 3.11. The van der Waals surface area contributed by atoms with Crippen molar-refractivity contribution in [1.82, 2.24) is 10.2 Å². The summed E-state index contributed by atoms with van der Waals surface area (Å²) in [6.07, 6.45) is 0. The topological polar surface area (TPSA) is 95.3 Å². The number of phenolic OH excluding ortho intramolecular Hbond substituents is 2. The van der Waals surface area contributed by atoms with Crippen LogP contribution >= 0.6 is 23.1 Å². The van der Waals surface area contributed by atoms with E-state index in [4.69, 9.17) is 0 Å². The summed E-state index contributed by atoms with van der Waals surface area (Å²) in [7, 11) is 0. The van der Waals surface area contributed by atoms with Gasteiger partial charge in [0.05, 0.1) is 5.75 Å². The lowest BCUT2D eigenvalue weighted by Crippen LogP contribution is -2.01. The minimum atomic E-state index is -0.355. The highest BCUT2D eigenvalue weighted by Crippen LogP contribution is 2.29. The van der Waals surface area contributed by atoms with Gasteiger partial charge in [0.2, 0.25) is 5.13 Å². The van der Waals surface area contributed by atoms with E-state index in [1.807, 2.05) is 0 Å². The Balaban J connectivity index is 1.59. The van der Waals surface area contributed by atoms with Crippen LogP contribution in [-0.2, 0) is 0 Å². The van der Waals surface area contributed by atoms with Gasteiger partial charge in [-0.2, -0.15) is 0 Å². The zero-order chi connectivity index (χ0) is 17.8. The maximum atomic E-state index is 13.2. The van der Waals surface area contributed by atoms with E-state index in [0.717, 1.165) is 0 Å². The van der Waals surface area contributed by atoms with Crippen molar-refractivity contribution in [2.45, 2.75) is 4.34 Å². The monoisotopic (exact) mass is 377 g/mol. The number of aromatic hydroxyl groups is 2. The van der Waals surface area contributed by atoms with Crippen molar-refractivity contribution < 1.29 is 19.4 Å². The molecule has 0 aliphatic heterocycles. The zero-order valence-corrected chi connectivity index (χ0v) is 14.3. The van der Waals surface area contributed by atoms with E-state index in [1.165, 1.54) is 53.4 Å². The average molecular weight is 377 g/mol. The maximum absolute atomic E-state index is 13.2. The number of phenols is 2. The minimum absolute atomic E-state index is 0.110. The molecule has 0 amide bonds. The van der Waals surface area contributed by atoms with Crippen molar-refractivity contribution in [2.24, 2.45) is 0 Å². The summed E-state index contributed by atoms with van der Waals surface area (Å²) in [6.45, 7) is 0. The van der Waals surface area contributed by atoms with E-state index < -0.39 is 0 Å². The molecule has 0 saturated heterocycles. The molecule has 0 bridgehead atoms. The van der Waals surface area contributed by atoms with Crippen molar-refractivity contribution in [3.8, 4) is 11.5 Å². The molecule has 0 radical (unpaired) electrons. The molecule has 0 unspecified atom stereocenters. The first-order valence-corrected chi connectivity index (χ1v) is 8.85. The van der Waals surface area contributed by atoms with Gasteiger partial charge in [-0.3, -0.25) is 4.79 Å². The smallest absolute Gasteiger partial charge is 0.210 e. The molecule has 6 nitrogen and oxygen atoms in total. The number of aromatic nitrogens is 2. The van der Waals surface area contributed by atoms with Crippen molar-refractivity contribution in [3.63, 3.8) is 0 Å². The third-order valence-corrected chi connectivity index (χ3v) is 5.08. The molecule has 2 aromatic carbocycles. The first kappa shape index (κ1) is 17.2. The standard InChI is InChI=1S/C16H12FN3O3S2/c17-10-2-1-3-11(7-10)18-15-19-20-16(25-15)24-8-14(23)9-4-5-12(21)13(22)6-9/h1-7,21-22H,8H2,(H,18,19). The van der Waals surface area contributed by atoms with E-state index >= 15 is 0 Å². The Bertz CT molecular complexity index is 917. The van der Waals surface area contributed by atoms with Crippen molar-refractivity contribution in [1.29, 1.82) is 0 Å². The summed E-state index contributed by atoms with van der Waals surface area (Å²) in [5, 5.41) is 30.0. The summed E-state index contributed by atoms with van der Waals surface area (Å²) in [5.74, 6) is -1.07. The molecule has 0 atom stereocenters. The lowest BCUT2D eigenvalue weighted by molar-refractivity contribution is 0.102. The highest BCUT2D eigenvalue weighted by molar-refractivity contribution is 8.01. The van der Waals surface area contributed by atoms with Crippen LogP contribution in [0.3, 0.4) is 0 Å². The lowest BCUT2D eigenvalue weighted by Gasteiger charge is -2.02. The molecule has 3 rings (SSSR count). The third kappa shape index (κ3) is 4.46. The van der Waals surface area contributed by atoms with E-state index in [9.17, 15) is 19.4 Å². The van der Waals surface area contributed by atoms with Gasteiger partial charge in [-0.05, 0) is 36.4 Å². The number of carbonyl (C=O) groups excluding carboxylic acids is 1. The van der Waals surface area contributed by atoms with Crippen molar-refractivity contribution >= 4 is 39.7 Å². The number of benzene rings is 2. The Labute approximate surface area is 150 Å². The SMILES string of the molecule is O=C(CSc1nnc(Nc2cccc(F)c2)s1)c1ccc(O)c(O)c1. The molecule has 0 aliphatic rings. The number of nitrogens with zero attached hydrogens (tertiary/aromatic N) is 2. The first-order chi connectivity index (χ1) is 12.0. The van der Waals surface area contributed by atoms with Crippen LogP contribution in [0.25, 0.3) is 0 Å². The number of rotatable bonds is 6. The Morgan fingerprint density at radius 2 is 2.00 bits per heavy atom. The van der Waals surface area contributed by atoms with Gasteiger partial charge in [-0.25, -0.2) is 4.39 Å². The summed E-state index contributed by atoms with van der Waals surface area (Å²) >= 11 is 2.45. The fourth-order valence-electron chi connectivity index (χ4n) is 1.92. The van der Waals surface area contributed by atoms with Gasteiger partial charge >= 0.3 is 0 Å². The molecule has 3 aromatic rings. The van der Waals surface area contributed by atoms with Crippen LogP contribution in [0.5, 0.6) is 11.5 Å². The number of hydrogen-bond acceptors (Lipinski definition) is 8. The predicted molar refractivity (Wildman–Crippen MR) is 94.4 cm³/mol. The van der Waals surface area contributed by atoms with Crippen LogP contribution in [0.2, 0.25) is 0 Å². The van der Waals surface area contributed by atoms with Gasteiger partial charge in [0.1, 0.15) is 5.82 Å². The van der Waals surface area contributed by atoms with E-state index in [1.54, 1.807) is 12.1 Å². The Kier molecular flexibility index (Phi) is 5.15. The Morgan fingerprint density at radius 1 is 1.16 bits per heavy atom. The average Bonchev–Trinajstić information content (AvgIpc) is 3.02. The fraction of sp³-hybridized carbons (Fsp3) is 0.0625. The number of Topliss-reactive ketones (excluding diaryl/α,β-unsaturated/α-hetero) is 1. The highest BCUT2D eigenvalue weighted by atomic mass is 32.2. The molecule has 128 valence electrons. The Morgan fingerprint density at radius 3 is 2.76 bits per heavy atom. The quantitative estimate of drug-likeness (QED) is 0.341. The molecule has 0 saturated carbocycles. The molecule has 25 heavy (non-hydrogen) atoms. The van der Waals surface area contributed by atoms with Gasteiger partial charge in [0.15, 0.2) is 21.6 Å². The second kappa shape index (κ2) is 7.49. The molecule has 3 N–H and O–H groups in total. The second-order valence-corrected chi connectivity index (χ2v) is 7.12. The van der Waals surface area contributed by atoms with Crippen LogP contribution in [0.4, 0.5) is 15.2 Å². The van der Waals surface area contributed by atoms with Gasteiger partial charge in [-0.1, -0.05) is 29.2 Å². The van der Waals surface area contributed by atoms with E-state index in [-0.39, 0.29) is 28.9 Å². The number of ketones is 1. The van der Waals surface area contributed by atoms with E-state index in [0.29, 0.717) is 20.7 Å². The normalized spacial score (nSPS) is 10.6. The molecule has 0 aliphatic carbocycles. The van der Waals surface area contributed by atoms with E-state index in [2.05, 4.69) is 15.5 Å². The van der Waals surface area contributed by atoms with Crippen LogP contribution in [0, 0.1) is 5.82 Å². The van der Waals surface area contributed by atoms with Crippen LogP contribution < -0.4 is 5.32 Å². The first-order valence-electron chi connectivity index (χ1n) is 7.05. The molecular formula is C16H12FN3O3S2. The van der Waals surface area contributed by atoms with Crippen molar-refractivity contribution in [2.75, 3.05) is 11.1 Å². The minimum Gasteiger partial charge on any atom is -0.504 e. The second-order valence-electron chi connectivity index (χ2n) is 4.92. The van der Waals surface area contributed by atoms with Crippen LogP contribution in [0.1, 0.15) is 10.4 Å². The lowest BCUT2D eigenvalue weighted by atomic mass is 10.1. The number of thioether (sulfide) groups is 1. The van der Waals surface area contributed by atoms with Crippen molar-refractivity contribution in [3.05, 3.63) is 53.8 Å². The molecule has 0 fully saturated rings. The van der Waals surface area contributed by atoms with Gasteiger partial charge in [0.25, 0.3) is 0 Å². The fourth-order valence-corrected chi connectivity index (χ4v) is 3.58. The summed E-state index contributed by atoms with van der Waals surface area (Å²) in [6, 6.07) is 9.90. The molecule has 9 heteroatoms. The number of nitrogens with one attached hydrogen (secondary N) is 1. The molecule has 0 spiro atoms.